The number of benzene rings is 4. The fraction of sp³-hybridized carbons (Fsp3) is 0.0189. The van der Waals surface area contributed by atoms with Gasteiger partial charge in [0.1, 0.15) is 11.1 Å². The van der Waals surface area contributed by atoms with Crippen LogP contribution in [-0.2, 0) is 5.91 Å². The Kier molecular flexibility index (Phi) is 6.47. The number of allylic oxidation sites excluding steroid dienone is 6. The molecule has 0 saturated carbocycles. The zero-order valence-electron chi connectivity index (χ0n) is 30.5. The van der Waals surface area contributed by atoms with Gasteiger partial charge >= 0.3 is 5.91 Å². The summed E-state index contributed by atoms with van der Waals surface area (Å²) in [5, 5.41) is 2.05. The summed E-state index contributed by atoms with van der Waals surface area (Å²) in [5.74, 6) is 27.7. The highest BCUT2D eigenvalue weighted by Crippen LogP contribution is 2.49. The molecule has 0 radical (unpaired) electrons. The summed E-state index contributed by atoms with van der Waals surface area (Å²) >= 11 is 0. The molecule has 0 aliphatic carbocycles. The Bertz CT molecular complexity index is 3420. The van der Waals surface area contributed by atoms with Crippen LogP contribution in [0.5, 0.6) is 0 Å². The van der Waals surface area contributed by atoms with Gasteiger partial charge in [-0.15, -0.1) is 0 Å². The van der Waals surface area contributed by atoms with Gasteiger partial charge in [-0.3, -0.25) is 0 Å². The first-order valence-corrected chi connectivity index (χ1v) is 19.0. The van der Waals surface area contributed by atoms with Gasteiger partial charge in [-0.1, -0.05) is 123 Å². The minimum Gasteiger partial charge on any atom is -0.197 e. The molecule has 0 fully saturated rings. The van der Waals surface area contributed by atoms with E-state index in [-0.39, 0.29) is 0 Å². The van der Waals surface area contributed by atoms with Crippen molar-refractivity contribution in [3.8, 4) is 47.4 Å². The van der Waals surface area contributed by atoms with E-state index in [1.807, 2.05) is 72.8 Å². The molecule has 0 N–H and O–H groups in total. The number of nitrogens with zero attached hydrogens (tertiary/aromatic N) is 4. The maximum Gasteiger partial charge on any atom is 0.554 e. The topological polar surface area (TPSA) is 15.9 Å². The second-order valence-electron chi connectivity index (χ2n) is 14.3. The molecule has 4 nitrogen and oxygen atoms in total. The fourth-order valence-corrected chi connectivity index (χ4v) is 8.86. The molecule has 6 aliphatic rings. The lowest BCUT2D eigenvalue weighted by atomic mass is 9.99. The quantitative estimate of drug-likeness (QED) is 0.129. The first-order chi connectivity index (χ1) is 28.3. The summed E-state index contributed by atoms with van der Waals surface area (Å²) in [6.07, 6.45) is 8.88. The molecular weight excluding hydrogens is 693 g/mol. The molecule has 57 heavy (non-hydrogen) atoms. The Morgan fingerprint density at radius 1 is 0.333 bits per heavy atom. The van der Waals surface area contributed by atoms with E-state index in [9.17, 15) is 0 Å². The van der Waals surface area contributed by atoms with Gasteiger partial charge in [0.2, 0.25) is 22.8 Å². The van der Waals surface area contributed by atoms with Gasteiger partial charge < -0.3 is 0 Å². The largest absolute Gasteiger partial charge is 0.554 e. The van der Waals surface area contributed by atoms with E-state index in [4.69, 9.17) is 0 Å². The summed E-state index contributed by atoms with van der Waals surface area (Å²) in [6, 6.07) is 49.7. The van der Waals surface area contributed by atoms with E-state index in [2.05, 4.69) is 163 Å². The zero-order valence-corrected chi connectivity index (χ0v) is 30.5. The van der Waals surface area contributed by atoms with Crippen LogP contribution in [0.1, 0.15) is 33.6 Å². The summed E-state index contributed by atoms with van der Waals surface area (Å²) < 4.78 is 9.83. The minimum absolute atomic E-state index is 0.920. The molecule has 8 heterocycles. The molecule has 0 amide bonds. The van der Waals surface area contributed by atoms with E-state index in [0.29, 0.717) is 0 Å². The van der Waals surface area contributed by atoms with Gasteiger partial charge in [-0.05, 0) is 78.7 Å². The molecule has 4 aromatic carbocycles. The van der Waals surface area contributed by atoms with Crippen LogP contribution in [0.3, 0.4) is 0 Å². The molecule has 6 aromatic rings. The van der Waals surface area contributed by atoms with Gasteiger partial charge in [-0.25, -0.2) is 0 Å². The first-order valence-electron chi connectivity index (χ1n) is 19.0. The third-order valence-corrected chi connectivity index (χ3v) is 11.2. The van der Waals surface area contributed by atoms with Crippen molar-refractivity contribution in [2.75, 3.05) is 0 Å². The van der Waals surface area contributed by atoms with Crippen LogP contribution < -0.4 is 10.7 Å². The third kappa shape index (κ3) is 4.33. The molecule has 258 valence electrons. The lowest BCUT2D eigenvalue weighted by Crippen LogP contribution is -2.71. The van der Waals surface area contributed by atoms with Crippen LogP contribution in [0.15, 0.2) is 187 Å². The van der Waals surface area contributed by atoms with Gasteiger partial charge in [0.15, 0.2) is 5.57 Å². The van der Waals surface area contributed by atoms with Gasteiger partial charge in [0.25, 0.3) is 0 Å². The van der Waals surface area contributed by atoms with Crippen LogP contribution in [0.4, 0.5) is 0 Å². The predicted molar refractivity (Wildman–Crippen MR) is 223 cm³/mol. The summed E-state index contributed by atoms with van der Waals surface area (Å²) in [4.78, 5) is 0. The second kappa shape index (κ2) is 11.9. The average molecular weight is 721 g/mol. The van der Waals surface area contributed by atoms with Crippen molar-refractivity contribution in [1.82, 2.24) is 9.13 Å². The third-order valence-electron chi connectivity index (χ3n) is 11.2. The maximum absolute atomic E-state index is 3.66. The first kappa shape index (κ1) is 31.1. The van der Waals surface area contributed by atoms with Crippen molar-refractivity contribution in [2.45, 2.75) is 5.91 Å². The lowest BCUT2D eigenvalue weighted by Gasteiger charge is -2.39. The van der Waals surface area contributed by atoms with Crippen LogP contribution in [0, 0.1) is 47.4 Å². The van der Waals surface area contributed by atoms with E-state index in [0.717, 1.165) is 89.4 Å². The average Bonchev–Trinajstić information content (AvgIpc) is 4.10. The Morgan fingerprint density at radius 2 is 0.719 bits per heavy atom. The standard InChI is InChI=1S/C53H28N4/c1-5-13-37(14-6-1)21-25-41-45-29-31-47-42(26-22-38-15-7-2-8-16-38)49-33-35-51-44(28-24-40-19-11-4-12-20-40)52-36-34-50-43(27-23-39-17-9-3-10-18-39)48-32-30-46(41)55(48)53(54(45)47,56(49)51)57(50)52/h1-20,29-36H/q+2. The molecule has 0 saturated heterocycles. The molecule has 0 bridgehead atoms. The van der Waals surface area contributed by atoms with Gasteiger partial charge in [0, 0.05) is 46.6 Å². The summed E-state index contributed by atoms with van der Waals surface area (Å²) in [5.41, 5.74) is 13.8. The Morgan fingerprint density at radius 3 is 1.23 bits per heavy atom. The lowest BCUT2D eigenvalue weighted by molar-refractivity contribution is -0.837. The highest BCUT2D eigenvalue weighted by molar-refractivity contribution is 6.28. The van der Waals surface area contributed by atoms with E-state index in [1.165, 1.54) is 0 Å². The number of aromatic nitrogens is 2. The second-order valence-corrected chi connectivity index (χ2v) is 14.3. The summed E-state index contributed by atoms with van der Waals surface area (Å²) in [7, 11) is 0. The normalized spacial score (nSPS) is 17.9. The molecule has 4 heteroatoms. The van der Waals surface area contributed by atoms with Crippen molar-refractivity contribution >= 4 is 28.1 Å². The highest BCUT2D eigenvalue weighted by atomic mass is 15.6. The Hall–Kier alpha value is -8.28. The van der Waals surface area contributed by atoms with Gasteiger partial charge in [-0.2, -0.15) is 9.13 Å². The van der Waals surface area contributed by atoms with E-state index >= 15 is 0 Å². The number of hydrogen-bond acceptors (Lipinski definition) is 0. The van der Waals surface area contributed by atoms with E-state index < -0.39 is 5.91 Å². The fourth-order valence-electron chi connectivity index (χ4n) is 8.86. The monoisotopic (exact) mass is 720 g/mol. The number of rotatable bonds is 0. The van der Waals surface area contributed by atoms with Crippen LogP contribution >= 0.6 is 0 Å². The van der Waals surface area contributed by atoms with E-state index in [1.54, 1.807) is 0 Å². The Labute approximate surface area is 329 Å². The minimum atomic E-state index is -0.920. The van der Waals surface area contributed by atoms with Crippen LogP contribution in [-0.4, -0.2) is 29.7 Å². The van der Waals surface area contributed by atoms with Crippen LogP contribution in [0.25, 0.3) is 16.7 Å². The molecule has 1 atom stereocenters. The molecule has 1 unspecified atom stereocenters. The predicted octanol–water partition coefficient (Wildman–Crippen LogP) is 6.33. The Balaban J connectivity index is 1.23. The SMILES string of the molecule is C(#Cc1ccccc1)C1=C2C=CC3=[N+]2C24n5c(ccc5C(C#Cc5ccccc5)=c5ccc(n52)=C3C#Cc2ccccc2)C(C#Cc2ccccc2)=C2C=CC1=[N+]24. The maximum atomic E-state index is 3.66. The zero-order chi connectivity index (χ0) is 37.5. The summed E-state index contributed by atoms with van der Waals surface area (Å²) in [6.45, 7) is 0. The van der Waals surface area contributed by atoms with Crippen LogP contribution in [0.2, 0.25) is 0 Å². The molecule has 2 aromatic heterocycles. The molecule has 12 rings (SSSR count). The van der Waals surface area contributed by atoms with Crippen molar-refractivity contribution < 1.29 is 9.15 Å². The molecule has 1 spiro atoms. The smallest absolute Gasteiger partial charge is 0.197 e. The highest BCUT2D eigenvalue weighted by Gasteiger charge is 2.73. The molecular formula is C53H28N4+2. The van der Waals surface area contributed by atoms with Crippen molar-refractivity contribution in [1.29, 1.82) is 0 Å². The number of hydrogen-bond donors (Lipinski definition) is 0. The molecule has 6 aliphatic heterocycles. The van der Waals surface area contributed by atoms with Crippen molar-refractivity contribution in [3.05, 3.63) is 231 Å². The van der Waals surface area contributed by atoms with Crippen molar-refractivity contribution in [3.63, 3.8) is 0 Å². The van der Waals surface area contributed by atoms with Gasteiger partial charge in [0.05, 0.1) is 27.7 Å². The van der Waals surface area contributed by atoms with Crippen molar-refractivity contribution in [2.24, 2.45) is 0 Å².